The summed E-state index contributed by atoms with van der Waals surface area (Å²) in [6.45, 7) is 4.95. The lowest BCUT2D eigenvalue weighted by Gasteiger charge is -2.20. The minimum Gasteiger partial charge on any atom is -0.466 e. The summed E-state index contributed by atoms with van der Waals surface area (Å²) in [7, 11) is 0. The summed E-state index contributed by atoms with van der Waals surface area (Å²) in [6, 6.07) is -0.624. The van der Waals surface area contributed by atoms with E-state index in [1.165, 1.54) is 360 Å². The number of hydrogen-bond donors (Lipinski definition) is 3. The smallest absolute Gasteiger partial charge is 0.305 e. The molecule has 2 unspecified atom stereocenters. The number of allylic oxidation sites excluding steroid dienone is 1. The van der Waals surface area contributed by atoms with Gasteiger partial charge in [0.1, 0.15) is 0 Å². The van der Waals surface area contributed by atoms with E-state index in [4.69, 9.17) is 4.74 Å². The number of aliphatic hydroxyl groups excluding tert-OH is 2. The molecule has 0 saturated heterocycles. The highest BCUT2D eigenvalue weighted by Crippen LogP contribution is 2.20. The van der Waals surface area contributed by atoms with E-state index in [1.54, 1.807) is 6.08 Å². The molecule has 0 aliphatic carbocycles. The number of carbonyl (C=O) groups is 2. The third-order valence-corrected chi connectivity index (χ3v) is 17.6. The van der Waals surface area contributed by atoms with Crippen LogP contribution in [0.4, 0.5) is 0 Å². The Hall–Kier alpha value is -1.40. The highest BCUT2D eigenvalue weighted by atomic mass is 16.5. The Morgan fingerprint density at radius 2 is 0.575 bits per heavy atom. The van der Waals surface area contributed by atoms with Gasteiger partial charge >= 0.3 is 5.97 Å². The Bertz CT molecular complexity index is 1210. The molecule has 3 N–H and O–H groups in total. The second-order valence-corrected chi connectivity index (χ2v) is 25.6. The van der Waals surface area contributed by atoms with Gasteiger partial charge in [-0.2, -0.15) is 0 Å². The van der Waals surface area contributed by atoms with Gasteiger partial charge in [0, 0.05) is 12.8 Å². The van der Waals surface area contributed by atoms with Crippen molar-refractivity contribution >= 4 is 11.9 Å². The summed E-state index contributed by atoms with van der Waals surface area (Å²) in [5, 5.41) is 23.3. The number of hydrogen-bond acceptors (Lipinski definition) is 5. The second-order valence-electron chi connectivity index (χ2n) is 25.6. The van der Waals surface area contributed by atoms with E-state index in [2.05, 4.69) is 19.2 Å². The lowest BCUT2D eigenvalue weighted by atomic mass is 10.0. The third-order valence-electron chi connectivity index (χ3n) is 17.6. The number of esters is 1. The SMILES string of the molecule is CCCCCCCCCCCCCCCCCCCC/C=C/C(O)C(CO)NC(=O)CCCCCCCCCCCCCCCCCCCCCCCCCCCCCCCCCCOC(=O)CCCCCCCCCCCCC. The molecule has 0 fully saturated rings. The van der Waals surface area contributed by atoms with Crippen LogP contribution in [0.3, 0.4) is 0 Å². The maximum atomic E-state index is 12.5. The molecule has 0 spiro atoms. The van der Waals surface area contributed by atoms with Crippen molar-refractivity contribution in [2.24, 2.45) is 0 Å². The van der Waals surface area contributed by atoms with Gasteiger partial charge in [-0.1, -0.05) is 392 Å². The van der Waals surface area contributed by atoms with Gasteiger partial charge in [0.15, 0.2) is 0 Å². The van der Waals surface area contributed by atoms with Crippen molar-refractivity contribution in [1.29, 1.82) is 0 Å². The highest BCUT2D eigenvalue weighted by Gasteiger charge is 2.18. The Labute approximate surface area is 501 Å². The molecule has 0 aliphatic rings. The lowest BCUT2D eigenvalue weighted by Crippen LogP contribution is -2.45. The average Bonchev–Trinajstić information content (AvgIpc) is 3.46. The Morgan fingerprint density at radius 1 is 0.338 bits per heavy atom. The van der Waals surface area contributed by atoms with Crippen LogP contribution in [0.15, 0.2) is 12.2 Å². The van der Waals surface area contributed by atoms with E-state index in [-0.39, 0.29) is 18.5 Å². The van der Waals surface area contributed by atoms with Crippen LogP contribution in [-0.2, 0) is 14.3 Å². The number of unbranched alkanes of at least 4 members (excludes halogenated alkanes) is 59. The molecule has 1 amide bonds. The quantitative estimate of drug-likeness (QED) is 0.0320. The second kappa shape index (κ2) is 70.1. The number of carbonyl (C=O) groups excluding carboxylic acids is 2. The van der Waals surface area contributed by atoms with E-state index in [0.29, 0.717) is 19.4 Å². The fourth-order valence-electron chi connectivity index (χ4n) is 11.9. The predicted octanol–water partition coefficient (Wildman–Crippen LogP) is 23.9. The van der Waals surface area contributed by atoms with E-state index in [0.717, 1.165) is 38.5 Å². The number of nitrogens with one attached hydrogen (secondary N) is 1. The molecule has 2 atom stereocenters. The van der Waals surface area contributed by atoms with Crippen LogP contribution >= 0.6 is 0 Å². The van der Waals surface area contributed by atoms with E-state index < -0.39 is 12.1 Å². The first-order chi connectivity index (χ1) is 39.5. The van der Waals surface area contributed by atoms with E-state index in [9.17, 15) is 19.8 Å². The van der Waals surface area contributed by atoms with Gasteiger partial charge in [-0.05, 0) is 32.1 Å². The van der Waals surface area contributed by atoms with Crippen molar-refractivity contribution in [3.63, 3.8) is 0 Å². The molecule has 0 aliphatic heterocycles. The zero-order valence-electron chi connectivity index (χ0n) is 54.6. The lowest BCUT2D eigenvalue weighted by molar-refractivity contribution is -0.143. The predicted molar refractivity (Wildman–Crippen MR) is 352 cm³/mol. The maximum absolute atomic E-state index is 12.5. The summed E-state index contributed by atoms with van der Waals surface area (Å²) in [4.78, 5) is 24.5. The maximum Gasteiger partial charge on any atom is 0.305 e. The monoisotopic (exact) mass is 1130 g/mol. The van der Waals surface area contributed by atoms with Crippen LogP contribution < -0.4 is 5.32 Å². The molecule has 6 nitrogen and oxygen atoms in total. The molecule has 80 heavy (non-hydrogen) atoms. The average molecular weight is 1130 g/mol. The fourth-order valence-corrected chi connectivity index (χ4v) is 11.9. The highest BCUT2D eigenvalue weighted by molar-refractivity contribution is 5.76. The first-order valence-electron chi connectivity index (χ1n) is 37.0. The third kappa shape index (κ3) is 65.7. The summed E-state index contributed by atoms with van der Waals surface area (Å²) < 4.78 is 5.48. The van der Waals surface area contributed by atoms with Crippen molar-refractivity contribution < 1.29 is 24.5 Å². The Morgan fingerprint density at radius 3 is 0.850 bits per heavy atom. The van der Waals surface area contributed by atoms with Crippen molar-refractivity contribution in [2.45, 2.75) is 437 Å². The van der Waals surface area contributed by atoms with Crippen LogP contribution in [0.1, 0.15) is 425 Å². The fraction of sp³-hybridized carbons (Fsp3) is 0.946. The molecule has 0 bridgehead atoms. The minimum absolute atomic E-state index is 0.0215. The molecule has 476 valence electrons. The normalized spacial score (nSPS) is 12.5. The van der Waals surface area contributed by atoms with Crippen molar-refractivity contribution in [3.05, 3.63) is 12.2 Å². The topological polar surface area (TPSA) is 95.9 Å². The number of aliphatic hydroxyl groups is 2. The van der Waals surface area contributed by atoms with Gasteiger partial charge < -0.3 is 20.3 Å². The van der Waals surface area contributed by atoms with Gasteiger partial charge in [-0.25, -0.2) is 0 Å². The van der Waals surface area contributed by atoms with Gasteiger partial charge in [0.2, 0.25) is 5.91 Å². The molecule has 0 heterocycles. The van der Waals surface area contributed by atoms with Crippen LogP contribution in [0.25, 0.3) is 0 Å². The summed E-state index contributed by atoms with van der Waals surface area (Å²) in [6.07, 6.45) is 87.4. The molecule has 0 aromatic heterocycles. The van der Waals surface area contributed by atoms with Gasteiger partial charge in [0.25, 0.3) is 0 Å². The Kier molecular flexibility index (Phi) is 68.9. The number of amides is 1. The molecular weight excluding hydrogens is 983 g/mol. The Balaban J connectivity index is 3.34. The first-order valence-corrected chi connectivity index (χ1v) is 37.0. The van der Waals surface area contributed by atoms with E-state index in [1.807, 2.05) is 6.08 Å². The van der Waals surface area contributed by atoms with Gasteiger partial charge in [0.05, 0.1) is 25.4 Å². The van der Waals surface area contributed by atoms with Crippen LogP contribution in [0.5, 0.6) is 0 Å². The summed E-state index contributed by atoms with van der Waals surface area (Å²) in [5.74, 6) is -0.0372. The zero-order chi connectivity index (χ0) is 57.8. The van der Waals surface area contributed by atoms with Crippen molar-refractivity contribution in [2.75, 3.05) is 13.2 Å². The van der Waals surface area contributed by atoms with Crippen LogP contribution in [0.2, 0.25) is 0 Å². The van der Waals surface area contributed by atoms with Crippen molar-refractivity contribution in [1.82, 2.24) is 5.32 Å². The molecule has 0 rings (SSSR count). The largest absolute Gasteiger partial charge is 0.466 e. The van der Waals surface area contributed by atoms with Crippen LogP contribution in [-0.4, -0.2) is 47.4 Å². The molecular formula is C74H145NO5. The molecule has 0 aromatic rings. The number of rotatable bonds is 70. The van der Waals surface area contributed by atoms with Crippen molar-refractivity contribution in [3.8, 4) is 0 Å². The molecule has 6 heteroatoms. The van der Waals surface area contributed by atoms with Gasteiger partial charge in [-0.3, -0.25) is 9.59 Å². The molecule has 0 aromatic carbocycles. The first kappa shape index (κ1) is 78.6. The van der Waals surface area contributed by atoms with Gasteiger partial charge in [-0.15, -0.1) is 0 Å². The van der Waals surface area contributed by atoms with Crippen LogP contribution in [0, 0.1) is 0 Å². The summed E-state index contributed by atoms with van der Waals surface area (Å²) >= 11 is 0. The molecule has 0 radical (unpaired) electrons. The van der Waals surface area contributed by atoms with E-state index >= 15 is 0 Å². The number of ether oxygens (including phenoxy) is 1. The zero-order valence-corrected chi connectivity index (χ0v) is 54.6. The minimum atomic E-state index is -0.841. The standard InChI is InChI=1S/C74H145NO5/c1-3-5-7-9-11-13-15-16-17-18-19-34-37-40-43-47-50-54-58-62-66-72(77)71(70-76)75-73(78)67-63-59-55-51-48-44-41-38-35-32-30-28-26-24-22-20-21-23-25-27-29-31-33-36-39-42-45-49-53-57-61-65-69-80-74(79)68-64-60-56-52-46-14-12-10-8-6-4-2/h62,66,71-72,76-77H,3-61,63-65,67-70H2,1-2H3,(H,75,78)/b66-62+. The molecule has 0 saturated carbocycles. The summed E-state index contributed by atoms with van der Waals surface area (Å²) in [5.41, 5.74) is 0.